The molecule has 4 N–H and O–H groups in total. The number of carbonyl (C=O) groups excluding carboxylic acids is 2. The van der Waals surface area contributed by atoms with Crippen LogP contribution in [0, 0.1) is 5.41 Å². The zero-order valence-electron chi connectivity index (χ0n) is 20.5. The summed E-state index contributed by atoms with van der Waals surface area (Å²) in [5.74, 6) is -0.588. The third kappa shape index (κ3) is 19.1. The van der Waals surface area contributed by atoms with E-state index in [-0.39, 0.29) is 19.0 Å². The molecule has 0 rings (SSSR count). The third-order valence-electron chi connectivity index (χ3n) is 3.28. The molecule has 8 nitrogen and oxygen atoms in total. The highest BCUT2D eigenvalue weighted by Gasteiger charge is 2.34. The zero-order chi connectivity index (χ0) is 24.0. The number of amides is 1. The summed E-state index contributed by atoms with van der Waals surface area (Å²) in [6, 6.07) is -0.519. The molecule has 0 fully saturated rings. The predicted molar refractivity (Wildman–Crippen MR) is 122 cm³/mol. The molecule has 178 valence electrons. The van der Waals surface area contributed by atoms with Gasteiger partial charge in [-0.15, -0.1) is 0 Å². The van der Waals surface area contributed by atoms with Crippen LogP contribution in [0.5, 0.6) is 0 Å². The second kappa shape index (κ2) is 23.6. The molecule has 0 aromatic heterocycles. The summed E-state index contributed by atoms with van der Waals surface area (Å²) >= 11 is 0. The molecule has 0 bridgehead atoms. The molecule has 0 aromatic rings. The van der Waals surface area contributed by atoms with Crippen LogP contribution >= 0.6 is 8.60 Å². The molecule has 0 aromatic carbocycles. The quantitative estimate of drug-likeness (QED) is 0.342. The fourth-order valence-electron chi connectivity index (χ4n) is 1.58. The summed E-state index contributed by atoms with van der Waals surface area (Å²) in [4.78, 5) is 32.7. The van der Waals surface area contributed by atoms with Crippen molar-refractivity contribution >= 4 is 20.3 Å². The van der Waals surface area contributed by atoms with Gasteiger partial charge in [0.05, 0.1) is 19.3 Å². The first-order valence-electron chi connectivity index (χ1n) is 10.5. The van der Waals surface area contributed by atoms with Gasteiger partial charge in [-0.05, 0) is 20.4 Å². The van der Waals surface area contributed by atoms with Crippen LogP contribution in [0.1, 0.15) is 75.7 Å². The van der Waals surface area contributed by atoms with E-state index in [9.17, 15) is 19.6 Å². The van der Waals surface area contributed by atoms with Crippen LogP contribution in [0.4, 0.5) is 0 Å². The van der Waals surface area contributed by atoms with E-state index >= 15 is 0 Å². The maximum Gasteiger partial charge on any atom is 0.329 e. The Morgan fingerprint density at radius 2 is 1.55 bits per heavy atom. The van der Waals surface area contributed by atoms with E-state index in [2.05, 4.69) is 10.6 Å². The van der Waals surface area contributed by atoms with Gasteiger partial charge < -0.3 is 29.7 Å². The minimum absolute atomic E-state index is 0.0198. The number of aliphatic hydroxyl groups excluding tert-OH is 1. The Balaban J connectivity index is -0.000000472. The number of ketones is 1. The molecule has 0 heterocycles. The molecule has 0 aliphatic heterocycles. The third-order valence-corrected chi connectivity index (χ3v) is 4.00. The van der Waals surface area contributed by atoms with Gasteiger partial charge in [-0.3, -0.25) is 9.59 Å². The number of rotatable bonds is 12. The Kier molecular flexibility index (Phi) is 29.2. The van der Waals surface area contributed by atoms with Crippen molar-refractivity contribution in [2.45, 2.75) is 87.8 Å². The van der Waals surface area contributed by atoms with Gasteiger partial charge in [0.25, 0.3) is 0 Å². The minimum Gasteiger partial charge on any atom is -0.383 e. The van der Waals surface area contributed by atoms with Crippen LogP contribution in [0.2, 0.25) is 0 Å². The van der Waals surface area contributed by atoms with Crippen molar-refractivity contribution < 1.29 is 28.6 Å². The lowest BCUT2D eigenvalue weighted by atomic mass is 9.87. The van der Waals surface area contributed by atoms with Gasteiger partial charge in [-0.2, -0.15) is 0 Å². The van der Waals surface area contributed by atoms with Gasteiger partial charge >= 0.3 is 8.60 Å². The van der Waals surface area contributed by atoms with Crippen molar-refractivity contribution in [2.24, 2.45) is 5.41 Å². The molecule has 1 amide bonds. The SMILES string of the molecule is CC.CC.CC.CCCNC(=O)C(O)C(C)(C)COP(O)OCC(NC)C(C)=O. The molecule has 29 heavy (non-hydrogen) atoms. The van der Waals surface area contributed by atoms with E-state index < -0.39 is 32.1 Å². The predicted octanol–water partition coefficient (Wildman–Crippen LogP) is 3.41. The van der Waals surface area contributed by atoms with Gasteiger partial charge in [0.1, 0.15) is 11.9 Å². The molecule has 0 aliphatic rings. The van der Waals surface area contributed by atoms with Crippen LogP contribution < -0.4 is 10.6 Å². The molecule has 9 heteroatoms. The fourth-order valence-corrected chi connectivity index (χ4v) is 2.37. The van der Waals surface area contributed by atoms with Crippen molar-refractivity contribution in [1.82, 2.24) is 10.6 Å². The van der Waals surface area contributed by atoms with E-state index in [1.54, 1.807) is 20.9 Å². The Labute approximate surface area is 180 Å². The Morgan fingerprint density at radius 1 is 1.07 bits per heavy atom. The number of carbonyl (C=O) groups is 2. The number of hydrogen-bond acceptors (Lipinski definition) is 7. The fraction of sp³-hybridized carbons (Fsp3) is 0.900. The number of hydrogen-bond donors (Lipinski definition) is 4. The van der Waals surface area contributed by atoms with Crippen molar-refractivity contribution in [1.29, 1.82) is 0 Å². The summed E-state index contributed by atoms with van der Waals surface area (Å²) in [5, 5.41) is 15.4. The molecular weight excluding hydrogens is 395 g/mol. The van der Waals surface area contributed by atoms with Gasteiger partial charge in [0, 0.05) is 12.0 Å². The molecular formula is C20H47N2O6P. The largest absolute Gasteiger partial charge is 0.383 e. The van der Waals surface area contributed by atoms with Gasteiger partial charge in [-0.25, -0.2) is 0 Å². The second-order valence-corrected chi connectivity index (χ2v) is 6.93. The Hall–Kier alpha value is -0.630. The lowest BCUT2D eigenvalue weighted by Crippen LogP contribution is -2.46. The van der Waals surface area contributed by atoms with Crippen molar-refractivity contribution in [3.63, 3.8) is 0 Å². The molecule has 0 saturated carbocycles. The first-order chi connectivity index (χ1) is 13.7. The highest BCUT2D eigenvalue weighted by Crippen LogP contribution is 2.36. The van der Waals surface area contributed by atoms with Crippen molar-refractivity contribution in [3.8, 4) is 0 Å². The van der Waals surface area contributed by atoms with Crippen LogP contribution in [0.15, 0.2) is 0 Å². The van der Waals surface area contributed by atoms with Crippen LogP contribution in [0.3, 0.4) is 0 Å². The van der Waals surface area contributed by atoms with Crippen molar-refractivity contribution in [2.75, 3.05) is 26.8 Å². The molecule has 0 saturated heterocycles. The van der Waals surface area contributed by atoms with Crippen LogP contribution in [-0.2, 0) is 18.6 Å². The van der Waals surface area contributed by atoms with Crippen LogP contribution in [0.25, 0.3) is 0 Å². The lowest BCUT2D eigenvalue weighted by molar-refractivity contribution is -0.136. The van der Waals surface area contributed by atoms with E-state index in [1.165, 1.54) is 6.92 Å². The monoisotopic (exact) mass is 442 g/mol. The maximum absolute atomic E-state index is 11.8. The molecule has 3 unspecified atom stereocenters. The summed E-state index contributed by atoms with van der Waals surface area (Å²) in [6.07, 6.45) is -0.492. The molecule has 3 atom stereocenters. The topological polar surface area (TPSA) is 117 Å². The number of aliphatic hydroxyl groups is 1. The highest BCUT2D eigenvalue weighted by molar-refractivity contribution is 7.40. The van der Waals surface area contributed by atoms with Gasteiger partial charge in [-0.1, -0.05) is 62.3 Å². The normalized spacial score (nSPS) is 13.1. The Bertz CT molecular complexity index is 384. The second-order valence-electron chi connectivity index (χ2n) is 5.94. The average Bonchev–Trinajstić information content (AvgIpc) is 2.74. The average molecular weight is 443 g/mol. The number of likely N-dealkylation sites (N-methyl/N-ethyl adjacent to an activating group) is 1. The van der Waals surface area contributed by atoms with Gasteiger partial charge in [0.2, 0.25) is 5.91 Å². The summed E-state index contributed by atoms with van der Waals surface area (Å²) in [5.41, 5.74) is -0.895. The first kappa shape index (κ1) is 35.8. The zero-order valence-corrected chi connectivity index (χ0v) is 21.4. The first-order valence-corrected chi connectivity index (χ1v) is 11.7. The maximum atomic E-state index is 11.8. The molecule has 0 radical (unpaired) electrons. The van der Waals surface area contributed by atoms with E-state index in [0.717, 1.165) is 6.42 Å². The lowest BCUT2D eigenvalue weighted by Gasteiger charge is -2.29. The van der Waals surface area contributed by atoms with E-state index in [0.29, 0.717) is 6.54 Å². The minimum atomic E-state index is -2.20. The van der Waals surface area contributed by atoms with Crippen LogP contribution in [-0.4, -0.2) is 60.6 Å². The highest BCUT2D eigenvalue weighted by atomic mass is 31.2. The summed E-state index contributed by atoms with van der Waals surface area (Å²) in [6.45, 7) is 19.0. The number of Topliss-reactive ketones (excluding diaryl/α,β-unsaturated/α-hetero) is 1. The summed E-state index contributed by atoms with van der Waals surface area (Å²) in [7, 11) is -0.583. The molecule has 0 aliphatic carbocycles. The standard InChI is InChI=1S/C14H29N2O6P.3C2H6/c1-6-7-16-13(19)12(18)14(3,4)9-22-23(20)21-8-11(15-5)10(2)17;3*1-2/h11-12,15,18,20H,6-9H2,1-5H3,(H,16,19);3*1-2H3. The molecule has 0 spiro atoms. The summed E-state index contributed by atoms with van der Waals surface area (Å²) < 4.78 is 10.3. The van der Waals surface area contributed by atoms with Crippen molar-refractivity contribution in [3.05, 3.63) is 0 Å². The Morgan fingerprint density at radius 3 is 1.93 bits per heavy atom. The number of nitrogens with one attached hydrogen (secondary N) is 2. The van der Waals surface area contributed by atoms with E-state index in [4.69, 9.17) is 9.05 Å². The smallest absolute Gasteiger partial charge is 0.329 e. The van der Waals surface area contributed by atoms with Gasteiger partial charge in [0.15, 0.2) is 0 Å². The van der Waals surface area contributed by atoms with E-state index in [1.807, 2.05) is 48.5 Å².